The van der Waals surface area contributed by atoms with Gasteiger partial charge in [0.25, 0.3) is 0 Å². The lowest BCUT2D eigenvalue weighted by molar-refractivity contribution is -0.387. The first-order valence-corrected chi connectivity index (χ1v) is 4.95. The molecule has 1 heterocycles. The van der Waals surface area contributed by atoms with Crippen LogP contribution in [0.15, 0.2) is 29.1 Å². The van der Waals surface area contributed by atoms with Crippen LogP contribution in [0.3, 0.4) is 0 Å². The second-order valence-corrected chi connectivity index (χ2v) is 3.52. The lowest BCUT2D eigenvalue weighted by Gasteiger charge is -1.97. The fourth-order valence-corrected chi connectivity index (χ4v) is 1.73. The van der Waals surface area contributed by atoms with Gasteiger partial charge in [0.05, 0.1) is 16.1 Å². The van der Waals surface area contributed by atoms with Crippen LogP contribution in [-0.2, 0) is 0 Å². The van der Waals surface area contributed by atoms with Gasteiger partial charge in [0.15, 0.2) is 0 Å². The Labute approximate surface area is 88.2 Å². The Morgan fingerprint density at radius 3 is 2.87 bits per heavy atom. The van der Waals surface area contributed by atoms with Gasteiger partial charge in [0.2, 0.25) is 5.82 Å². The predicted molar refractivity (Wildman–Crippen MR) is 54.2 cm³/mol. The fraction of sp³-hybridized carbons (Fsp3) is 0. The second-order valence-electron chi connectivity index (χ2n) is 2.80. The first-order valence-electron chi connectivity index (χ1n) is 4.01. The van der Waals surface area contributed by atoms with E-state index < -0.39 is 16.4 Å². The molecule has 0 aliphatic heterocycles. The van der Waals surface area contributed by atoms with Crippen molar-refractivity contribution in [2.24, 2.45) is 0 Å². The van der Waals surface area contributed by atoms with E-state index in [0.29, 0.717) is 11.3 Å². The molecule has 2 aromatic rings. The van der Waals surface area contributed by atoms with Gasteiger partial charge in [0, 0.05) is 17.0 Å². The molecular weight excluding hydrogens is 219 g/mol. The van der Waals surface area contributed by atoms with Crippen LogP contribution in [0, 0.1) is 15.9 Å². The Morgan fingerprint density at radius 1 is 1.47 bits per heavy atom. The number of aromatic nitrogens is 1. The monoisotopic (exact) mass is 224 g/mol. The van der Waals surface area contributed by atoms with Crippen molar-refractivity contribution in [2.45, 2.75) is 0 Å². The van der Waals surface area contributed by atoms with Crippen molar-refractivity contribution in [1.82, 2.24) is 4.98 Å². The van der Waals surface area contributed by atoms with Crippen LogP contribution in [0.25, 0.3) is 11.3 Å². The van der Waals surface area contributed by atoms with Crippen LogP contribution in [0.4, 0.5) is 10.1 Å². The number of benzene rings is 1. The Hall–Kier alpha value is -1.82. The maximum atomic E-state index is 13.0. The maximum absolute atomic E-state index is 13.0. The van der Waals surface area contributed by atoms with Crippen molar-refractivity contribution in [3.8, 4) is 11.3 Å². The molecule has 0 bridgehead atoms. The number of thiazole rings is 1. The topological polar surface area (TPSA) is 56.0 Å². The molecule has 0 aliphatic carbocycles. The molecule has 1 aromatic heterocycles. The summed E-state index contributed by atoms with van der Waals surface area (Å²) in [4.78, 5) is 13.7. The molecule has 6 heteroatoms. The number of nitrogens with zero attached hydrogens (tertiary/aromatic N) is 2. The van der Waals surface area contributed by atoms with E-state index in [0.717, 1.165) is 6.07 Å². The van der Waals surface area contributed by atoms with E-state index in [2.05, 4.69) is 4.98 Å². The van der Waals surface area contributed by atoms with Crippen molar-refractivity contribution in [3.63, 3.8) is 0 Å². The number of halogens is 1. The molecule has 4 nitrogen and oxygen atoms in total. The zero-order valence-electron chi connectivity index (χ0n) is 7.38. The standard InChI is InChI=1S/C9H5FN2O2S/c10-7-2-1-6(3-9(7)12(13)14)8-4-15-5-11-8/h1-5H. The van der Waals surface area contributed by atoms with Crippen molar-refractivity contribution in [2.75, 3.05) is 0 Å². The SMILES string of the molecule is O=[N+]([O-])c1cc(-c2cscn2)ccc1F. The highest BCUT2D eigenvalue weighted by molar-refractivity contribution is 7.07. The van der Waals surface area contributed by atoms with Gasteiger partial charge in [-0.1, -0.05) is 0 Å². The summed E-state index contributed by atoms with van der Waals surface area (Å²) in [5, 5.41) is 12.2. The molecule has 0 N–H and O–H groups in total. The minimum absolute atomic E-state index is 0.527. The molecule has 0 spiro atoms. The van der Waals surface area contributed by atoms with Gasteiger partial charge < -0.3 is 0 Å². The van der Waals surface area contributed by atoms with E-state index in [1.54, 1.807) is 10.9 Å². The van der Waals surface area contributed by atoms with Crippen LogP contribution in [-0.4, -0.2) is 9.91 Å². The summed E-state index contributed by atoms with van der Waals surface area (Å²) in [6.07, 6.45) is 0. The van der Waals surface area contributed by atoms with Crippen molar-refractivity contribution in [1.29, 1.82) is 0 Å². The van der Waals surface area contributed by atoms with E-state index in [-0.39, 0.29) is 0 Å². The van der Waals surface area contributed by atoms with Gasteiger partial charge in [-0.2, -0.15) is 4.39 Å². The highest BCUT2D eigenvalue weighted by Gasteiger charge is 2.15. The number of rotatable bonds is 2. The average Bonchev–Trinajstić information content (AvgIpc) is 2.71. The molecule has 0 atom stereocenters. The van der Waals surface area contributed by atoms with E-state index in [4.69, 9.17) is 0 Å². The molecule has 0 unspecified atom stereocenters. The quantitative estimate of drug-likeness (QED) is 0.582. The largest absolute Gasteiger partial charge is 0.305 e. The van der Waals surface area contributed by atoms with E-state index in [9.17, 15) is 14.5 Å². The third kappa shape index (κ3) is 1.84. The summed E-state index contributed by atoms with van der Waals surface area (Å²) in [6, 6.07) is 3.73. The summed E-state index contributed by atoms with van der Waals surface area (Å²) >= 11 is 1.38. The third-order valence-electron chi connectivity index (χ3n) is 1.87. The highest BCUT2D eigenvalue weighted by Crippen LogP contribution is 2.25. The molecule has 0 fully saturated rings. The number of nitro benzene ring substituents is 1. The molecule has 0 amide bonds. The fourth-order valence-electron chi connectivity index (χ4n) is 1.17. The Morgan fingerprint density at radius 2 is 2.27 bits per heavy atom. The highest BCUT2D eigenvalue weighted by atomic mass is 32.1. The molecule has 1 aromatic carbocycles. The Bertz CT molecular complexity index is 499. The van der Waals surface area contributed by atoms with Crippen LogP contribution in [0.5, 0.6) is 0 Å². The van der Waals surface area contributed by atoms with Crippen LogP contribution >= 0.6 is 11.3 Å². The van der Waals surface area contributed by atoms with E-state index in [1.807, 2.05) is 0 Å². The number of nitro groups is 1. The first-order chi connectivity index (χ1) is 7.18. The summed E-state index contributed by atoms with van der Waals surface area (Å²) in [5.74, 6) is -0.834. The summed E-state index contributed by atoms with van der Waals surface area (Å²) in [5.41, 5.74) is 2.25. The zero-order valence-corrected chi connectivity index (χ0v) is 8.20. The van der Waals surface area contributed by atoms with E-state index in [1.165, 1.54) is 23.5 Å². The number of hydrogen-bond acceptors (Lipinski definition) is 4. The third-order valence-corrected chi connectivity index (χ3v) is 2.46. The normalized spacial score (nSPS) is 10.2. The van der Waals surface area contributed by atoms with Crippen molar-refractivity contribution in [3.05, 3.63) is 45.0 Å². The zero-order chi connectivity index (χ0) is 10.8. The summed E-state index contributed by atoms with van der Waals surface area (Å²) < 4.78 is 13.0. The van der Waals surface area contributed by atoms with Crippen LogP contribution in [0.2, 0.25) is 0 Å². The molecular formula is C9H5FN2O2S. The van der Waals surface area contributed by atoms with Crippen LogP contribution < -0.4 is 0 Å². The predicted octanol–water partition coefficient (Wildman–Crippen LogP) is 2.86. The average molecular weight is 224 g/mol. The van der Waals surface area contributed by atoms with E-state index >= 15 is 0 Å². The minimum Gasteiger partial charge on any atom is -0.258 e. The Balaban J connectivity index is 2.52. The summed E-state index contributed by atoms with van der Waals surface area (Å²) in [6.45, 7) is 0. The minimum atomic E-state index is -0.834. The van der Waals surface area contributed by atoms with Gasteiger partial charge in [-0.3, -0.25) is 10.1 Å². The maximum Gasteiger partial charge on any atom is 0.305 e. The van der Waals surface area contributed by atoms with Crippen LogP contribution in [0.1, 0.15) is 0 Å². The first kappa shape index (κ1) is 9.72. The van der Waals surface area contributed by atoms with Gasteiger partial charge >= 0.3 is 5.69 Å². The Kier molecular flexibility index (Phi) is 2.42. The molecule has 0 saturated carbocycles. The molecule has 0 radical (unpaired) electrons. The smallest absolute Gasteiger partial charge is 0.258 e. The molecule has 0 saturated heterocycles. The van der Waals surface area contributed by atoms with Gasteiger partial charge in [0.1, 0.15) is 0 Å². The molecule has 76 valence electrons. The van der Waals surface area contributed by atoms with Gasteiger partial charge in [-0.15, -0.1) is 11.3 Å². The summed E-state index contributed by atoms with van der Waals surface area (Å²) in [7, 11) is 0. The number of hydrogen-bond donors (Lipinski definition) is 0. The van der Waals surface area contributed by atoms with Crippen molar-refractivity contribution >= 4 is 17.0 Å². The molecule has 15 heavy (non-hydrogen) atoms. The van der Waals surface area contributed by atoms with Gasteiger partial charge in [-0.25, -0.2) is 4.98 Å². The lowest BCUT2D eigenvalue weighted by Crippen LogP contribution is -1.92. The van der Waals surface area contributed by atoms with Crippen molar-refractivity contribution < 1.29 is 9.31 Å². The van der Waals surface area contributed by atoms with Gasteiger partial charge in [-0.05, 0) is 12.1 Å². The lowest BCUT2D eigenvalue weighted by atomic mass is 10.1. The molecule has 0 aliphatic rings. The molecule has 2 rings (SSSR count). The second kappa shape index (κ2) is 3.74.